The summed E-state index contributed by atoms with van der Waals surface area (Å²) in [5, 5.41) is 0. The van der Waals surface area contributed by atoms with E-state index in [1.54, 1.807) is 0 Å². The molecule has 6 nitrogen and oxygen atoms in total. The molecule has 1 aromatic carbocycles. The predicted octanol–water partition coefficient (Wildman–Crippen LogP) is 2.80. The highest BCUT2D eigenvalue weighted by Crippen LogP contribution is 2.65. The normalized spacial score (nSPS) is 32.7. The molecule has 1 aliphatic heterocycles. The number of anilines is 1. The highest BCUT2D eigenvalue weighted by atomic mass is 19.4. The number of hydrogen-bond donors (Lipinski definition) is 0. The third-order valence-corrected chi connectivity index (χ3v) is 7.11. The fourth-order valence-electron chi connectivity index (χ4n) is 5.59. The first kappa shape index (κ1) is 20.0. The van der Waals surface area contributed by atoms with Gasteiger partial charge in [-0.1, -0.05) is 12.2 Å². The Morgan fingerprint density at radius 1 is 1.00 bits per heavy atom. The largest absolute Gasteiger partial charge is 0.471 e. The minimum Gasteiger partial charge on any atom is -0.295 e. The van der Waals surface area contributed by atoms with Crippen LogP contribution in [0, 0.1) is 35.5 Å². The molecule has 2 bridgehead atoms. The van der Waals surface area contributed by atoms with E-state index in [-0.39, 0.29) is 28.9 Å². The van der Waals surface area contributed by atoms with Gasteiger partial charge in [0.05, 0.1) is 11.8 Å². The summed E-state index contributed by atoms with van der Waals surface area (Å²) in [5.41, 5.74) is 0.121. The Labute approximate surface area is 175 Å². The predicted molar refractivity (Wildman–Crippen MR) is 101 cm³/mol. The maximum atomic E-state index is 13.3. The fraction of sp³-hybridized carbons (Fsp3) is 0.455. The van der Waals surface area contributed by atoms with Crippen molar-refractivity contribution in [3.05, 3.63) is 42.0 Å². The molecule has 1 saturated heterocycles. The van der Waals surface area contributed by atoms with Crippen LogP contribution in [-0.4, -0.2) is 41.2 Å². The van der Waals surface area contributed by atoms with Crippen molar-refractivity contribution in [2.24, 2.45) is 35.5 Å². The van der Waals surface area contributed by atoms with E-state index in [1.165, 1.54) is 31.2 Å². The van der Waals surface area contributed by atoms with Crippen LogP contribution in [0.3, 0.4) is 0 Å². The quantitative estimate of drug-likeness (QED) is 0.417. The highest BCUT2D eigenvalue weighted by Gasteiger charge is 2.67. The summed E-state index contributed by atoms with van der Waals surface area (Å²) in [6.45, 7) is 0.501. The van der Waals surface area contributed by atoms with E-state index in [9.17, 15) is 32.3 Å². The molecule has 162 valence electrons. The zero-order valence-corrected chi connectivity index (χ0v) is 16.5. The zero-order chi connectivity index (χ0) is 22.2. The summed E-state index contributed by atoms with van der Waals surface area (Å²) in [5.74, 6) is -4.02. The number of carbonyl (C=O) groups is 4. The number of amides is 3. The smallest absolute Gasteiger partial charge is 0.295 e. The number of allylic oxidation sites excluding steroid dienone is 2. The number of benzene rings is 1. The topological polar surface area (TPSA) is 74.8 Å². The first-order valence-electron chi connectivity index (χ1n) is 10.1. The molecule has 31 heavy (non-hydrogen) atoms. The summed E-state index contributed by atoms with van der Waals surface area (Å²) in [4.78, 5) is 51.0. The van der Waals surface area contributed by atoms with Gasteiger partial charge < -0.3 is 0 Å². The molecule has 0 N–H and O–H groups in total. The molecule has 0 spiro atoms. The van der Waals surface area contributed by atoms with Gasteiger partial charge in [-0.15, -0.1) is 0 Å². The van der Waals surface area contributed by atoms with Crippen LogP contribution in [0.2, 0.25) is 0 Å². The van der Waals surface area contributed by atoms with Gasteiger partial charge in [-0.05, 0) is 61.3 Å². The summed E-state index contributed by atoms with van der Waals surface area (Å²) in [6, 6.07) is 5.02. The number of Topliss-reactive ketones (excluding diaryl/α,β-unsaturated/α-hetero) is 1. The molecule has 0 radical (unpaired) electrons. The summed E-state index contributed by atoms with van der Waals surface area (Å²) < 4.78 is 39.9. The van der Waals surface area contributed by atoms with E-state index in [1.807, 2.05) is 12.2 Å². The average molecular weight is 432 g/mol. The molecular formula is C22H19F3N2O4. The van der Waals surface area contributed by atoms with Crippen molar-refractivity contribution >= 4 is 29.2 Å². The Kier molecular flexibility index (Phi) is 4.19. The van der Waals surface area contributed by atoms with Crippen molar-refractivity contribution in [2.45, 2.75) is 19.5 Å². The number of carbonyl (C=O) groups excluding carboxylic acids is 4. The molecule has 3 amide bonds. The Hall–Kier alpha value is -2.97. The first-order chi connectivity index (χ1) is 14.6. The van der Waals surface area contributed by atoms with Crippen molar-refractivity contribution in [3.8, 4) is 0 Å². The third-order valence-electron chi connectivity index (χ3n) is 7.11. The lowest BCUT2D eigenvalue weighted by Crippen LogP contribution is -2.49. The van der Waals surface area contributed by atoms with E-state index in [2.05, 4.69) is 0 Å². The number of rotatable bonds is 4. The molecule has 1 aromatic rings. The lowest BCUT2D eigenvalue weighted by atomic mass is 9.63. The second-order valence-corrected chi connectivity index (χ2v) is 8.73. The van der Waals surface area contributed by atoms with Gasteiger partial charge >= 0.3 is 12.1 Å². The van der Waals surface area contributed by atoms with Gasteiger partial charge in [-0.25, -0.2) is 0 Å². The van der Waals surface area contributed by atoms with Gasteiger partial charge in [-0.3, -0.25) is 29.0 Å². The maximum Gasteiger partial charge on any atom is 0.471 e. The number of hydrogen-bond acceptors (Lipinski definition) is 4. The molecular weight excluding hydrogens is 413 g/mol. The zero-order valence-electron chi connectivity index (χ0n) is 16.5. The number of imide groups is 1. The minimum atomic E-state index is -5.19. The van der Waals surface area contributed by atoms with Crippen LogP contribution in [0.4, 0.5) is 18.9 Å². The third kappa shape index (κ3) is 2.93. The second-order valence-electron chi connectivity index (χ2n) is 8.73. The molecule has 6 unspecified atom stereocenters. The van der Waals surface area contributed by atoms with Gasteiger partial charge in [0.25, 0.3) is 0 Å². The van der Waals surface area contributed by atoms with Crippen molar-refractivity contribution in [2.75, 3.05) is 11.6 Å². The van der Waals surface area contributed by atoms with E-state index in [0.29, 0.717) is 16.7 Å². The Morgan fingerprint density at radius 2 is 1.52 bits per heavy atom. The number of nitrogens with zero attached hydrogens (tertiary/aromatic N) is 2. The van der Waals surface area contributed by atoms with Crippen LogP contribution in [-0.2, 0) is 14.4 Å². The number of likely N-dealkylation sites (tertiary alicyclic amines) is 1. The lowest BCUT2D eigenvalue weighted by Gasteiger charge is -2.37. The molecule has 2 saturated carbocycles. The average Bonchev–Trinajstić information content (AvgIpc) is 3.51. The second kappa shape index (κ2) is 6.51. The Balaban J connectivity index is 1.46. The highest BCUT2D eigenvalue weighted by molar-refractivity contribution is 6.07. The van der Waals surface area contributed by atoms with E-state index in [0.717, 1.165) is 11.3 Å². The first-order valence-corrected chi connectivity index (χ1v) is 10.1. The molecule has 4 aliphatic carbocycles. The van der Waals surface area contributed by atoms with Crippen molar-refractivity contribution in [1.82, 2.24) is 4.90 Å². The monoisotopic (exact) mass is 432 g/mol. The van der Waals surface area contributed by atoms with Gasteiger partial charge in [-0.2, -0.15) is 13.2 Å². The molecule has 3 fully saturated rings. The standard InChI is InChI=1S/C22H19F3N2O4/c1-10(28)11-2-4-12(5-3-11)26(21(31)22(23,24)25)9-27-19(29)17-13-6-7-14(16-8-15(13)16)18(17)20(27)30/h2-7,13-18H,8-9H2,1H3. The number of halogens is 3. The molecule has 6 atom stereocenters. The van der Waals surface area contributed by atoms with Gasteiger partial charge in [0.2, 0.25) is 11.8 Å². The number of ketones is 1. The van der Waals surface area contributed by atoms with Crippen LogP contribution < -0.4 is 4.90 Å². The Bertz CT molecular complexity index is 996. The summed E-state index contributed by atoms with van der Waals surface area (Å²) in [6.07, 6.45) is -0.293. The van der Waals surface area contributed by atoms with Crippen molar-refractivity contribution in [3.63, 3.8) is 0 Å². The molecule has 5 aliphatic rings. The van der Waals surface area contributed by atoms with Crippen LogP contribution in [0.15, 0.2) is 36.4 Å². The molecule has 6 rings (SSSR count). The Morgan fingerprint density at radius 3 is 1.97 bits per heavy atom. The van der Waals surface area contributed by atoms with Crippen LogP contribution in [0.25, 0.3) is 0 Å². The van der Waals surface area contributed by atoms with Crippen LogP contribution in [0.1, 0.15) is 23.7 Å². The van der Waals surface area contributed by atoms with Crippen LogP contribution >= 0.6 is 0 Å². The van der Waals surface area contributed by atoms with Crippen LogP contribution in [0.5, 0.6) is 0 Å². The summed E-state index contributed by atoms with van der Waals surface area (Å²) in [7, 11) is 0. The SMILES string of the molecule is CC(=O)c1ccc(N(CN2C(=O)C3C4C=CC(C5CC45)C3C2=O)C(=O)C(F)(F)F)cc1. The van der Waals surface area contributed by atoms with E-state index in [4.69, 9.17) is 0 Å². The minimum absolute atomic E-state index is 0.0666. The van der Waals surface area contributed by atoms with Crippen molar-refractivity contribution in [1.29, 1.82) is 0 Å². The van der Waals surface area contributed by atoms with E-state index >= 15 is 0 Å². The molecule has 1 heterocycles. The van der Waals surface area contributed by atoms with Crippen molar-refractivity contribution < 1.29 is 32.3 Å². The van der Waals surface area contributed by atoms with Gasteiger partial charge in [0.15, 0.2) is 5.78 Å². The molecule has 9 heteroatoms. The van der Waals surface area contributed by atoms with E-state index < -0.39 is 42.4 Å². The number of alkyl halides is 3. The maximum absolute atomic E-state index is 13.3. The van der Waals surface area contributed by atoms with Gasteiger partial charge in [0.1, 0.15) is 6.67 Å². The van der Waals surface area contributed by atoms with Gasteiger partial charge in [0, 0.05) is 11.3 Å². The molecule has 0 aromatic heterocycles. The fourth-order valence-corrected chi connectivity index (χ4v) is 5.59. The lowest BCUT2D eigenvalue weighted by molar-refractivity contribution is -0.171. The summed E-state index contributed by atoms with van der Waals surface area (Å²) >= 11 is 0.